The monoisotopic (exact) mass is 407 g/mol. The number of ether oxygens (including phenoxy) is 1. The summed E-state index contributed by atoms with van der Waals surface area (Å²) in [5, 5.41) is 0. The second kappa shape index (κ2) is 8.13. The smallest absolute Gasteiger partial charge is 0.309 e. The number of halogens is 1. The van der Waals surface area contributed by atoms with Crippen molar-refractivity contribution in [1.82, 2.24) is 4.90 Å². The SMILES string of the molecule is O=C(O[C@@H]1CCCCC1=O)C1CCN(C(=O)c2ccc(Br)cc2)CC1. The lowest BCUT2D eigenvalue weighted by Gasteiger charge is -2.32. The van der Waals surface area contributed by atoms with Crippen molar-refractivity contribution in [3.05, 3.63) is 34.3 Å². The normalized spacial score (nSPS) is 21.9. The van der Waals surface area contributed by atoms with Gasteiger partial charge in [0.25, 0.3) is 5.91 Å². The first-order chi connectivity index (χ1) is 12.0. The Hall–Kier alpha value is -1.69. The Kier molecular flexibility index (Phi) is 5.89. The van der Waals surface area contributed by atoms with Gasteiger partial charge in [0.15, 0.2) is 11.9 Å². The number of esters is 1. The number of nitrogens with zero attached hydrogens (tertiary/aromatic N) is 1. The van der Waals surface area contributed by atoms with E-state index in [1.807, 2.05) is 12.1 Å². The summed E-state index contributed by atoms with van der Waals surface area (Å²) in [5.74, 6) is -0.469. The van der Waals surface area contributed by atoms with Gasteiger partial charge in [0.1, 0.15) is 0 Å². The van der Waals surface area contributed by atoms with E-state index in [1.165, 1.54) is 0 Å². The van der Waals surface area contributed by atoms with Crippen molar-refractivity contribution in [3.63, 3.8) is 0 Å². The lowest BCUT2D eigenvalue weighted by atomic mass is 9.94. The number of piperidine rings is 1. The summed E-state index contributed by atoms with van der Waals surface area (Å²) in [7, 11) is 0. The molecular weight excluding hydrogens is 386 g/mol. The maximum atomic E-state index is 12.5. The Morgan fingerprint density at radius 2 is 1.72 bits per heavy atom. The second-order valence-electron chi connectivity index (χ2n) is 6.71. The number of carbonyl (C=O) groups excluding carboxylic acids is 3. The Morgan fingerprint density at radius 3 is 2.36 bits per heavy atom. The van der Waals surface area contributed by atoms with Gasteiger partial charge in [-0.15, -0.1) is 0 Å². The van der Waals surface area contributed by atoms with E-state index >= 15 is 0 Å². The van der Waals surface area contributed by atoms with Crippen molar-refractivity contribution in [2.24, 2.45) is 5.92 Å². The van der Waals surface area contributed by atoms with E-state index in [-0.39, 0.29) is 23.6 Å². The zero-order valence-corrected chi connectivity index (χ0v) is 15.7. The third kappa shape index (κ3) is 4.48. The highest BCUT2D eigenvalue weighted by atomic mass is 79.9. The van der Waals surface area contributed by atoms with E-state index in [0.29, 0.717) is 44.3 Å². The average molecular weight is 408 g/mol. The number of hydrogen-bond acceptors (Lipinski definition) is 4. The molecule has 1 aromatic carbocycles. The molecule has 0 unspecified atom stereocenters. The molecule has 2 fully saturated rings. The van der Waals surface area contributed by atoms with E-state index in [4.69, 9.17) is 4.74 Å². The molecule has 1 saturated carbocycles. The Morgan fingerprint density at radius 1 is 1.04 bits per heavy atom. The minimum absolute atomic E-state index is 0.0122. The number of rotatable bonds is 3. The highest BCUT2D eigenvalue weighted by Crippen LogP contribution is 2.24. The largest absolute Gasteiger partial charge is 0.454 e. The van der Waals surface area contributed by atoms with Crippen LogP contribution in [-0.2, 0) is 14.3 Å². The predicted octanol–water partition coefficient (Wildman–Crippen LogP) is 3.36. The summed E-state index contributed by atoms with van der Waals surface area (Å²) in [4.78, 5) is 38.4. The van der Waals surface area contributed by atoms with E-state index < -0.39 is 6.10 Å². The van der Waals surface area contributed by atoms with Crippen LogP contribution in [0.4, 0.5) is 0 Å². The van der Waals surface area contributed by atoms with Crippen molar-refractivity contribution in [2.45, 2.75) is 44.6 Å². The fourth-order valence-electron chi connectivity index (χ4n) is 3.41. The lowest BCUT2D eigenvalue weighted by Crippen LogP contribution is -2.42. The molecule has 5 nitrogen and oxygen atoms in total. The molecule has 1 aliphatic heterocycles. The zero-order valence-electron chi connectivity index (χ0n) is 14.1. The average Bonchev–Trinajstić information content (AvgIpc) is 2.64. The van der Waals surface area contributed by atoms with Gasteiger partial charge in [-0.05, 0) is 56.4 Å². The summed E-state index contributed by atoms with van der Waals surface area (Å²) < 4.78 is 6.37. The third-order valence-corrected chi connectivity index (χ3v) is 5.49. The van der Waals surface area contributed by atoms with E-state index in [1.54, 1.807) is 17.0 Å². The summed E-state index contributed by atoms with van der Waals surface area (Å²) in [6, 6.07) is 7.28. The molecule has 25 heavy (non-hydrogen) atoms. The molecule has 1 saturated heterocycles. The van der Waals surface area contributed by atoms with Gasteiger partial charge in [-0.25, -0.2) is 0 Å². The summed E-state index contributed by atoms with van der Waals surface area (Å²) in [5.41, 5.74) is 0.650. The molecule has 0 aromatic heterocycles. The maximum Gasteiger partial charge on any atom is 0.309 e. The first-order valence-electron chi connectivity index (χ1n) is 8.82. The van der Waals surface area contributed by atoms with Crippen LogP contribution in [0.2, 0.25) is 0 Å². The molecule has 0 spiro atoms. The predicted molar refractivity (Wildman–Crippen MR) is 96.1 cm³/mol. The fourth-order valence-corrected chi connectivity index (χ4v) is 3.67. The topological polar surface area (TPSA) is 63.7 Å². The quantitative estimate of drug-likeness (QED) is 0.720. The van der Waals surface area contributed by atoms with Gasteiger partial charge >= 0.3 is 5.97 Å². The van der Waals surface area contributed by atoms with Crippen molar-refractivity contribution < 1.29 is 19.1 Å². The third-order valence-electron chi connectivity index (χ3n) is 4.96. The maximum absolute atomic E-state index is 12.5. The van der Waals surface area contributed by atoms with E-state index in [0.717, 1.165) is 17.3 Å². The van der Waals surface area contributed by atoms with Gasteiger partial charge in [-0.2, -0.15) is 0 Å². The van der Waals surface area contributed by atoms with Crippen LogP contribution < -0.4 is 0 Å². The summed E-state index contributed by atoms with van der Waals surface area (Å²) >= 11 is 3.36. The standard InChI is InChI=1S/C19H22BrNO4/c20-15-7-5-13(6-8-15)18(23)21-11-9-14(10-12-21)19(24)25-17-4-2-1-3-16(17)22/h5-8,14,17H,1-4,9-12H2/t17-/m1/s1. The van der Waals surface area contributed by atoms with Crippen LogP contribution in [0.5, 0.6) is 0 Å². The summed E-state index contributed by atoms with van der Waals surface area (Å²) in [6.45, 7) is 1.07. The highest BCUT2D eigenvalue weighted by molar-refractivity contribution is 9.10. The zero-order chi connectivity index (χ0) is 17.8. The molecule has 1 aromatic rings. The number of Topliss-reactive ketones (excluding diaryl/α,β-unsaturated/α-hetero) is 1. The lowest BCUT2D eigenvalue weighted by molar-refractivity contribution is -0.161. The van der Waals surface area contributed by atoms with Gasteiger partial charge < -0.3 is 9.64 Å². The molecule has 0 radical (unpaired) electrons. The minimum Gasteiger partial charge on any atom is -0.454 e. The number of likely N-dealkylation sites (tertiary alicyclic amines) is 1. The van der Waals surface area contributed by atoms with Gasteiger partial charge in [0, 0.05) is 29.5 Å². The van der Waals surface area contributed by atoms with Crippen LogP contribution in [0.15, 0.2) is 28.7 Å². The van der Waals surface area contributed by atoms with Crippen LogP contribution in [0.1, 0.15) is 48.9 Å². The Labute approximate surface area is 155 Å². The Bertz CT molecular complexity index is 650. The molecule has 6 heteroatoms. The molecule has 3 rings (SSSR count). The highest BCUT2D eigenvalue weighted by Gasteiger charge is 2.32. The molecular formula is C19H22BrNO4. The molecule has 0 bridgehead atoms. The minimum atomic E-state index is -0.552. The van der Waals surface area contributed by atoms with Crippen LogP contribution in [-0.4, -0.2) is 41.8 Å². The van der Waals surface area contributed by atoms with Crippen molar-refractivity contribution in [2.75, 3.05) is 13.1 Å². The van der Waals surface area contributed by atoms with Crippen LogP contribution in [0.3, 0.4) is 0 Å². The number of carbonyl (C=O) groups is 3. The van der Waals surface area contributed by atoms with Crippen molar-refractivity contribution in [3.8, 4) is 0 Å². The van der Waals surface area contributed by atoms with Gasteiger partial charge in [-0.1, -0.05) is 15.9 Å². The molecule has 1 aliphatic carbocycles. The first kappa shape index (κ1) is 18.1. The van der Waals surface area contributed by atoms with Crippen LogP contribution in [0, 0.1) is 5.92 Å². The van der Waals surface area contributed by atoms with Crippen molar-refractivity contribution in [1.29, 1.82) is 0 Å². The molecule has 0 N–H and O–H groups in total. The van der Waals surface area contributed by atoms with Gasteiger partial charge in [0.2, 0.25) is 0 Å². The fraction of sp³-hybridized carbons (Fsp3) is 0.526. The molecule has 134 valence electrons. The Balaban J connectivity index is 1.51. The summed E-state index contributed by atoms with van der Waals surface area (Å²) in [6.07, 6.45) is 3.60. The number of amides is 1. The van der Waals surface area contributed by atoms with Crippen LogP contribution >= 0.6 is 15.9 Å². The second-order valence-corrected chi connectivity index (χ2v) is 7.63. The molecule has 1 heterocycles. The number of hydrogen-bond donors (Lipinski definition) is 0. The molecule has 1 amide bonds. The molecule has 2 aliphatic rings. The van der Waals surface area contributed by atoms with E-state index in [2.05, 4.69) is 15.9 Å². The van der Waals surface area contributed by atoms with Crippen LogP contribution in [0.25, 0.3) is 0 Å². The number of ketones is 1. The number of benzene rings is 1. The van der Waals surface area contributed by atoms with E-state index in [9.17, 15) is 14.4 Å². The first-order valence-corrected chi connectivity index (χ1v) is 9.62. The van der Waals surface area contributed by atoms with Crippen molar-refractivity contribution >= 4 is 33.6 Å². The molecule has 1 atom stereocenters. The van der Waals surface area contributed by atoms with Gasteiger partial charge in [0.05, 0.1) is 5.92 Å². The van der Waals surface area contributed by atoms with Gasteiger partial charge in [-0.3, -0.25) is 14.4 Å².